The molecule has 0 aliphatic heterocycles. The Kier molecular flexibility index (Phi) is 7.28. The van der Waals surface area contributed by atoms with Gasteiger partial charge in [-0.25, -0.2) is 0 Å². The van der Waals surface area contributed by atoms with Crippen molar-refractivity contribution in [3.63, 3.8) is 0 Å². The summed E-state index contributed by atoms with van der Waals surface area (Å²) >= 11 is 2.77. The molecule has 0 saturated carbocycles. The monoisotopic (exact) mass is 216 g/mol. The summed E-state index contributed by atoms with van der Waals surface area (Å²) in [7, 11) is 0. The average Bonchev–Trinajstić information content (AvgIpc) is 1.82. The third-order valence-corrected chi connectivity index (χ3v) is 2.65. The molecule has 1 aromatic rings. The molecular formula is C9H11AlCl2. The Morgan fingerprint density at radius 2 is 1.25 bits per heavy atom. The van der Waals surface area contributed by atoms with Crippen molar-refractivity contribution < 1.29 is 24.8 Å². The van der Waals surface area contributed by atoms with Gasteiger partial charge in [0.15, 0.2) is 0 Å². The molecule has 0 N–H and O–H groups in total. The summed E-state index contributed by atoms with van der Waals surface area (Å²) in [6.07, 6.45) is 0. The van der Waals surface area contributed by atoms with Gasteiger partial charge in [-0.3, -0.25) is 0 Å². The van der Waals surface area contributed by atoms with E-state index in [9.17, 15) is 0 Å². The average molecular weight is 217 g/mol. The molecule has 0 atom stereocenters. The van der Waals surface area contributed by atoms with Gasteiger partial charge in [0.25, 0.3) is 0 Å². The van der Waals surface area contributed by atoms with Crippen LogP contribution in [-0.2, 0) is 0 Å². The minimum atomic E-state index is 0. The molecule has 3 heteroatoms. The molecular weight excluding hydrogens is 206 g/mol. The summed E-state index contributed by atoms with van der Waals surface area (Å²) in [4.78, 5) is 0. The van der Waals surface area contributed by atoms with E-state index in [0.29, 0.717) is 0 Å². The van der Waals surface area contributed by atoms with Gasteiger partial charge in [-0.2, -0.15) is 0 Å². The zero-order chi connectivity index (χ0) is 7.72. The molecule has 0 unspecified atom stereocenters. The molecule has 12 heavy (non-hydrogen) atoms. The van der Waals surface area contributed by atoms with Crippen LogP contribution < -0.4 is 29.2 Å². The molecule has 0 heterocycles. The third-order valence-electron chi connectivity index (χ3n) is 1.74. The van der Waals surface area contributed by atoms with Crippen molar-refractivity contribution in [3.05, 3.63) is 28.8 Å². The SMILES string of the molecule is Cc1cc(C)[c]([Al+2])c(C)c1.[Cl-].[Cl-]. The summed E-state index contributed by atoms with van der Waals surface area (Å²) < 4.78 is 1.34. The second-order valence-corrected chi connectivity index (χ2v) is 3.39. The van der Waals surface area contributed by atoms with E-state index in [1.807, 2.05) is 0 Å². The summed E-state index contributed by atoms with van der Waals surface area (Å²) in [6, 6.07) is 4.41. The van der Waals surface area contributed by atoms with Gasteiger partial charge in [-0.15, -0.1) is 0 Å². The Hall–Kier alpha value is 0.332. The van der Waals surface area contributed by atoms with Crippen molar-refractivity contribution in [2.45, 2.75) is 20.8 Å². The number of hydrogen-bond donors (Lipinski definition) is 0. The van der Waals surface area contributed by atoms with E-state index in [-0.39, 0.29) is 24.8 Å². The number of rotatable bonds is 0. The molecule has 0 spiro atoms. The normalized spacial score (nSPS) is 8.42. The summed E-state index contributed by atoms with van der Waals surface area (Å²) in [5.74, 6) is 0. The van der Waals surface area contributed by atoms with Gasteiger partial charge in [0.1, 0.15) is 0 Å². The predicted octanol–water partition coefficient (Wildman–Crippen LogP) is -4.59. The molecule has 1 rings (SSSR count). The second kappa shape index (κ2) is 5.89. The smallest absolute Gasteiger partial charge is 1.00 e. The van der Waals surface area contributed by atoms with E-state index in [0.717, 1.165) is 0 Å². The van der Waals surface area contributed by atoms with E-state index in [4.69, 9.17) is 0 Å². The van der Waals surface area contributed by atoms with Crippen LogP contribution in [0.15, 0.2) is 12.1 Å². The predicted molar refractivity (Wildman–Crippen MR) is 46.0 cm³/mol. The van der Waals surface area contributed by atoms with Gasteiger partial charge in [-0.1, -0.05) is 0 Å². The topological polar surface area (TPSA) is 0 Å². The van der Waals surface area contributed by atoms with Crippen LogP contribution in [0.4, 0.5) is 0 Å². The zero-order valence-electron chi connectivity index (χ0n) is 7.49. The van der Waals surface area contributed by atoms with Gasteiger partial charge in [0.05, 0.1) is 0 Å². The first kappa shape index (κ1) is 14.8. The number of hydrogen-bond acceptors (Lipinski definition) is 0. The van der Waals surface area contributed by atoms with Crippen molar-refractivity contribution >= 4 is 20.7 Å². The Labute approximate surface area is 95.0 Å². The van der Waals surface area contributed by atoms with Gasteiger partial charge < -0.3 is 24.8 Å². The summed E-state index contributed by atoms with van der Waals surface area (Å²) in [5.41, 5.74) is 4.08. The number of benzene rings is 1. The molecule has 0 fully saturated rings. The maximum absolute atomic E-state index is 2.77. The van der Waals surface area contributed by atoms with Crippen molar-refractivity contribution in [1.29, 1.82) is 0 Å². The van der Waals surface area contributed by atoms with E-state index < -0.39 is 0 Å². The van der Waals surface area contributed by atoms with Crippen LogP contribution in [0.1, 0.15) is 16.7 Å². The van der Waals surface area contributed by atoms with E-state index >= 15 is 0 Å². The largest absolute Gasteiger partial charge is 1.00 e. The van der Waals surface area contributed by atoms with Crippen molar-refractivity contribution in [2.24, 2.45) is 0 Å². The molecule has 0 nitrogen and oxygen atoms in total. The van der Waals surface area contributed by atoms with Crippen LogP contribution in [0, 0.1) is 20.8 Å². The van der Waals surface area contributed by atoms with Crippen LogP contribution in [0.25, 0.3) is 0 Å². The molecule has 0 bridgehead atoms. The summed E-state index contributed by atoms with van der Waals surface area (Å²) in [5, 5.41) is 0. The maximum atomic E-state index is 2.77. The summed E-state index contributed by atoms with van der Waals surface area (Å²) in [6.45, 7) is 6.41. The zero-order valence-corrected chi connectivity index (χ0v) is 10.2. The number of aryl methyl sites for hydroxylation is 3. The van der Waals surface area contributed by atoms with E-state index in [1.54, 1.807) is 0 Å². The Bertz CT molecular complexity index is 236. The van der Waals surface area contributed by atoms with Crippen LogP contribution in [0.2, 0.25) is 0 Å². The van der Waals surface area contributed by atoms with Crippen LogP contribution in [0.5, 0.6) is 0 Å². The van der Waals surface area contributed by atoms with Gasteiger partial charge in [0.2, 0.25) is 0 Å². The quantitative estimate of drug-likeness (QED) is 0.384. The molecule has 64 valence electrons. The fraction of sp³-hybridized carbons (Fsp3) is 0.333. The van der Waals surface area contributed by atoms with Gasteiger partial charge in [-0.05, 0) is 0 Å². The minimum absolute atomic E-state index is 0. The van der Waals surface area contributed by atoms with Crippen LogP contribution >= 0.6 is 0 Å². The Balaban J connectivity index is 0. The fourth-order valence-electron chi connectivity index (χ4n) is 1.19. The molecule has 0 saturated heterocycles. The fourth-order valence-corrected chi connectivity index (χ4v) is 1.36. The van der Waals surface area contributed by atoms with Crippen LogP contribution in [-0.4, -0.2) is 16.3 Å². The number of halogens is 2. The Morgan fingerprint density at radius 1 is 0.917 bits per heavy atom. The van der Waals surface area contributed by atoms with Gasteiger partial charge in [0, 0.05) is 0 Å². The van der Waals surface area contributed by atoms with Crippen molar-refractivity contribution in [2.75, 3.05) is 0 Å². The molecule has 0 radical (unpaired) electrons. The third kappa shape index (κ3) is 3.37. The molecule has 1 aromatic carbocycles. The first-order valence-corrected chi connectivity index (χ1v) is 4.02. The Morgan fingerprint density at radius 3 is 1.58 bits per heavy atom. The molecule has 0 aliphatic carbocycles. The molecule has 0 aromatic heterocycles. The maximum Gasteiger partial charge on any atom is -1.00 e. The van der Waals surface area contributed by atoms with Crippen molar-refractivity contribution in [1.82, 2.24) is 0 Å². The van der Waals surface area contributed by atoms with Gasteiger partial charge >= 0.3 is 70.3 Å². The molecule has 0 amide bonds. The van der Waals surface area contributed by atoms with E-state index in [1.165, 1.54) is 21.1 Å². The van der Waals surface area contributed by atoms with Crippen LogP contribution in [0.3, 0.4) is 0 Å². The van der Waals surface area contributed by atoms with Crippen molar-refractivity contribution in [3.8, 4) is 0 Å². The first-order valence-electron chi connectivity index (χ1n) is 3.44. The van der Waals surface area contributed by atoms with E-state index in [2.05, 4.69) is 49.2 Å². The molecule has 0 aliphatic rings. The standard InChI is InChI=1S/C9H11.Al.2ClH/c1-7-4-8(2)6-9(3)5-7;;;/h4-5H,1-3H3;;2*1H/q;+2;;/p-2. The first-order chi connectivity index (χ1) is 4.61. The minimum Gasteiger partial charge on any atom is -1.00 e. The second-order valence-electron chi connectivity index (χ2n) is 2.81.